The van der Waals surface area contributed by atoms with E-state index >= 15 is 0 Å². The second kappa shape index (κ2) is 7.20. The van der Waals surface area contributed by atoms with E-state index in [1.165, 1.54) is 12.1 Å². The van der Waals surface area contributed by atoms with E-state index in [2.05, 4.69) is 21.2 Å². The lowest BCUT2D eigenvalue weighted by atomic mass is 10.0. The van der Waals surface area contributed by atoms with E-state index in [-0.39, 0.29) is 23.2 Å². The molecule has 0 saturated heterocycles. The Morgan fingerprint density at radius 1 is 1.58 bits per heavy atom. The molecule has 0 saturated carbocycles. The number of halogens is 1. The van der Waals surface area contributed by atoms with E-state index in [9.17, 15) is 14.9 Å². The Morgan fingerprint density at radius 3 is 2.84 bits per heavy atom. The van der Waals surface area contributed by atoms with E-state index < -0.39 is 4.92 Å². The molecule has 0 aliphatic heterocycles. The van der Waals surface area contributed by atoms with Gasteiger partial charge in [0, 0.05) is 16.5 Å². The Balaban J connectivity index is 2.81. The average Bonchev–Trinajstić information content (AvgIpc) is 2.37. The monoisotopic (exact) mass is 329 g/mol. The van der Waals surface area contributed by atoms with Crippen LogP contribution in [-0.2, 0) is 4.79 Å². The van der Waals surface area contributed by atoms with E-state index in [0.717, 1.165) is 6.42 Å². The summed E-state index contributed by atoms with van der Waals surface area (Å²) in [6.07, 6.45) is 1.41. The predicted molar refractivity (Wildman–Crippen MR) is 76.9 cm³/mol. The summed E-state index contributed by atoms with van der Waals surface area (Å²) in [6.45, 7) is 2.30. The van der Waals surface area contributed by atoms with Crippen LogP contribution in [0, 0.1) is 16.0 Å². The first-order valence-electron chi connectivity index (χ1n) is 5.90. The fourth-order valence-corrected chi connectivity index (χ4v) is 1.92. The van der Waals surface area contributed by atoms with Gasteiger partial charge in [-0.3, -0.25) is 14.9 Å². The molecule has 1 atom stereocenters. The SMILES string of the molecule is CC(CCCN)C(=O)Nc1ccc(Br)cc1[N+](=O)[O-]. The van der Waals surface area contributed by atoms with Gasteiger partial charge in [-0.2, -0.15) is 0 Å². The summed E-state index contributed by atoms with van der Waals surface area (Å²) in [4.78, 5) is 22.3. The van der Waals surface area contributed by atoms with Crippen LogP contribution in [0.5, 0.6) is 0 Å². The number of rotatable bonds is 6. The first kappa shape index (κ1) is 15.6. The number of nitro groups is 1. The van der Waals surface area contributed by atoms with Crippen LogP contribution in [0.15, 0.2) is 22.7 Å². The number of nitrogens with two attached hydrogens (primary N) is 1. The molecule has 7 heteroatoms. The molecule has 1 rings (SSSR count). The summed E-state index contributed by atoms with van der Waals surface area (Å²) in [6, 6.07) is 4.52. The highest BCUT2D eigenvalue weighted by atomic mass is 79.9. The molecule has 3 N–H and O–H groups in total. The maximum atomic E-state index is 11.9. The summed E-state index contributed by atoms with van der Waals surface area (Å²) in [5.41, 5.74) is 5.46. The first-order chi connectivity index (χ1) is 8.95. The standard InChI is InChI=1S/C12H16BrN3O3/c1-8(3-2-6-14)12(17)15-10-5-4-9(13)7-11(10)16(18)19/h4-5,7-8H,2-3,6,14H2,1H3,(H,15,17). The number of anilines is 1. The minimum Gasteiger partial charge on any atom is -0.330 e. The molecule has 1 aromatic rings. The van der Waals surface area contributed by atoms with Crippen molar-refractivity contribution in [3.05, 3.63) is 32.8 Å². The number of hydrogen-bond acceptors (Lipinski definition) is 4. The van der Waals surface area contributed by atoms with Gasteiger partial charge in [-0.25, -0.2) is 0 Å². The molecule has 0 heterocycles. The van der Waals surface area contributed by atoms with Gasteiger partial charge in [0.2, 0.25) is 5.91 Å². The molecular formula is C12H16BrN3O3. The highest BCUT2D eigenvalue weighted by Gasteiger charge is 2.19. The van der Waals surface area contributed by atoms with Gasteiger partial charge in [0.25, 0.3) is 5.69 Å². The lowest BCUT2D eigenvalue weighted by molar-refractivity contribution is -0.384. The van der Waals surface area contributed by atoms with Crippen LogP contribution in [0.1, 0.15) is 19.8 Å². The van der Waals surface area contributed by atoms with Gasteiger partial charge in [-0.1, -0.05) is 22.9 Å². The Hall–Kier alpha value is -1.47. The Labute approximate surface area is 119 Å². The van der Waals surface area contributed by atoms with Crippen molar-refractivity contribution < 1.29 is 9.72 Å². The normalized spacial score (nSPS) is 11.9. The second-order valence-corrected chi connectivity index (χ2v) is 5.16. The fourth-order valence-electron chi connectivity index (χ4n) is 1.57. The van der Waals surface area contributed by atoms with Gasteiger partial charge in [0.1, 0.15) is 5.69 Å². The number of benzene rings is 1. The zero-order valence-corrected chi connectivity index (χ0v) is 12.1. The maximum absolute atomic E-state index is 11.9. The van der Waals surface area contributed by atoms with Gasteiger partial charge in [-0.05, 0) is 31.5 Å². The van der Waals surface area contributed by atoms with Crippen LogP contribution < -0.4 is 11.1 Å². The van der Waals surface area contributed by atoms with Crippen molar-refractivity contribution in [3.8, 4) is 0 Å². The van der Waals surface area contributed by atoms with Crippen molar-refractivity contribution in [3.63, 3.8) is 0 Å². The number of carbonyl (C=O) groups is 1. The quantitative estimate of drug-likeness (QED) is 0.619. The van der Waals surface area contributed by atoms with Crippen LogP contribution in [0.2, 0.25) is 0 Å². The third kappa shape index (κ3) is 4.60. The minimum atomic E-state index is -0.523. The largest absolute Gasteiger partial charge is 0.330 e. The zero-order chi connectivity index (χ0) is 14.4. The lowest BCUT2D eigenvalue weighted by Gasteiger charge is -2.11. The van der Waals surface area contributed by atoms with Crippen LogP contribution in [0.3, 0.4) is 0 Å². The van der Waals surface area contributed by atoms with Crippen LogP contribution in [0.25, 0.3) is 0 Å². The molecule has 0 aliphatic rings. The molecule has 6 nitrogen and oxygen atoms in total. The Kier molecular flexibility index (Phi) is 5.91. The Morgan fingerprint density at radius 2 is 2.26 bits per heavy atom. The first-order valence-corrected chi connectivity index (χ1v) is 6.70. The lowest BCUT2D eigenvalue weighted by Crippen LogP contribution is -2.21. The third-order valence-corrected chi connectivity index (χ3v) is 3.20. The van der Waals surface area contributed by atoms with Crippen molar-refractivity contribution in [2.45, 2.75) is 19.8 Å². The van der Waals surface area contributed by atoms with E-state index in [1.54, 1.807) is 13.0 Å². The molecule has 1 amide bonds. The second-order valence-electron chi connectivity index (χ2n) is 4.24. The number of hydrogen-bond donors (Lipinski definition) is 2. The third-order valence-electron chi connectivity index (χ3n) is 2.70. The minimum absolute atomic E-state index is 0.131. The van der Waals surface area contributed by atoms with Gasteiger partial charge in [0.05, 0.1) is 4.92 Å². The molecule has 0 aromatic heterocycles. The summed E-state index contributed by atoms with van der Waals surface area (Å²) in [5, 5.41) is 13.5. The van der Waals surface area contributed by atoms with Crippen molar-refractivity contribution in [2.24, 2.45) is 11.7 Å². The molecule has 0 aliphatic carbocycles. The van der Waals surface area contributed by atoms with Crippen molar-refractivity contribution in [1.82, 2.24) is 0 Å². The Bertz CT molecular complexity index is 479. The number of nitro benzene ring substituents is 1. The zero-order valence-electron chi connectivity index (χ0n) is 10.6. The average molecular weight is 330 g/mol. The van der Waals surface area contributed by atoms with Crippen molar-refractivity contribution in [1.29, 1.82) is 0 Å². The molecule has 0 bridgehead atoms. The number of carbonyl (C=O) groups excluding carboxylic acids is 1. The van der Waals surface area contributed by atoms with Gasteiger partial charge < -0.3 is 11.1 Å². The molecule has 1 unspecified atom stereocenters. The summed E-state index contributed by atoms with van der Waals surface area (Å²) >= 11 is 3.16. The molecular weight excluding hydrogens is 314 g/mol. The smallest absolute Gasteiger partial charge is 0.293 e. The topological polar surface area (TPSA) is 98.3 Å². The van der Waals surface area contributed by atoms with Crippen LogP contribution in [0.4, 0.5) is 11.4 Å². The van der Waals surface area contributed by atoms with E-state index in [1.807, 2.05) is 0 Å². The van der Waals surface area contributed by atoms with Crippen LogP contribution >= 0.6 is 15.9 Å². The van der Waals surface area contributed by atoms with Crippen molar-refractivity contribution in [2.75, 3.05) is 11.9 Å². The molecule has 0 spiro atoms. The molecule has 0 radical (unpaired) electrons. The van der Waals surface area contributed by atoms with Gasteiger partial charge in [0.15, 0.2) is 0 Å². The van der Waals surface area contributed by atoms with Crippen molar-refractivity contribution >= 4 is 33.2 Å². The molecule has 0 fully saturated rings. The summed E-state index contributed by atoms with van der Waals surface area (Å²) in [5.74, 6) is -0.467. The molecule has 104 valence electrons. The highest BCUT2D eigenvalue weighted by Crippen LogP contribution is 2.28. The predicted octanol–water partition coefficient (Wildman–Crippen LogP) is 2.67. The summed E-state index contributed by atoms with van der Waals surface area (Å²) < 4.78 is 0.591. The number of nitrogens with one attached hydrogen (secondary N) is 1. The van der Waals surface area contributed by atoms with E-state index in [4.69, 9.17) is 5.73 Å². The van der Waals surface area contributed by atoms with Gasteiger partial charge in [-0.15, -0.1) is 0 Å². The fraction of sp³-hybridized carbons (Fsp3) is 0.417. The highest BCUT2D eigenvalue weighted by molar-refractivity contribution is 9.10. The summed E-state index contributed by atoms with van der Waals surface area (Å²) in [7, 11) is 0. The number of amides is 1. The molecule has 19 heavy (non-hydrogen) atoms. The number of nitrogens with zero attached hydrogens (tertiary/aromatic N) is 1. The maximum Gasteiger partial charge on any atom is 0.293 e. The van der Waals surface area contributed by atoms with Gasteiger partial charge >= 0.3 is 0 Å². The molecule has 1 aromatic carbocycles. The van der Waals surface area contributed by atoms with Crippen LogP contribution in [-0.4, -0.2) is 17.4 Å². The van der Waals surface area contributed by atoms with E-state index in [0.29, 0.717) is 17.4 Å².